The molecule has 0 spiro atoms. The fourth-order valence-corrected chi connectivity index (χ4v) is 11.9. The number of rotatable bonds is 9. The van der Waals surface area contributed by atoms with Crippen LogP contribution in [0, 0.1) is 23.6 Å². The smallest absolute Gasteiger partial charge is 0.414 e. The van der Waals surface area contributed by atoms with E-state index in [0.717, 1.165) is 12.0 Å². The first kappa shape index (κ1) is 28.7. The Kier molecular flexibility index (Phi) is 7.25. The first-order valence-electron chi connectivity index (χ1n) is 15.3. The van der Waals surface area contributed by atoms with Crippen molar-refractivity contribution in [1.29, 1.82) is 0 Å². The molecule has 1 amide bonds. The van der Waals surface area contributed by atoms with E-state index in [9.17, 15) is 4.79 Å². The van der Waals surface area contributed by atoms with Crippen molar-refractivity contribution in [2.24, 2.45) is 17.8 Å². The SMILES string of the molecule is CC(C)(C)[Si](OC[C@@H]1[C@H]2C=C(c3ccc(N4C[C@H](Cn5ccnn5)OC4=O)cc3F)C[C@H]21)(c1ccccc1)c1ccccc1. The Bertz CT molecular complexity index is 1630. The Hall–Kier alpha value is -4.08. The van der Waals surface area contributed by atoms with Crippen LogP contribution in [0.4, 0.5) is 14.9 Å². The number of amides is 1. The highest BCUT2D eigenvalue weighted by Gasteiger charge is 2.56. The molecule has 0 N–H and O–H groups in total. The number of fused-ring (bicyclic) bond motifs is 1. The molecule has 9 heteroatoms. The molecule has 7 rings (SSSR count). The molecule has 0 bridgehead atoms. The molecule has 44 heavy (non-hydrogen) atoms. The molecule has 3 aromatic carbocycles. The van der Waals surface area contributed by atoms with E-state index in [-0.39, 0.29) is 17.0 Å². The summed E-state index contributed by atoms with van der Waals surface area (Å²) in [5.41, 5.74) is 2.15. The van der Waals surface area contributed by atoms with Gasteiger partial charge in [0.1, 0.15) is 11.9 Å². The number of ether oxygens (including phenoxy) is 1. The molecule has 1 saturated carbocycles. The van der Waals surface area contributed by atoms with Gasteiger partial charge in [0, 0.05) is 18.4 Å². The zero-order valence-corrected chi connectivity index (χ0v) is 26.3. The van der Waals surface area contributed by atoms with E-state index in [1.807, 2.05) is 6.07 Å². The second-order valence-corrected chi connectivity index (χ2v) is 17.5. The molecule has 7 nitrogen and oxygen atoms in total. The predicted molar refractivity (Wildman–Crippen MR) is 171 cm³/mol. The minimum atomic E-state index is -2.59. The van der Waals surface area contributed by atoms with Crippen molar-refractivity contribution >= 4 is 36.0 Å². The summed E-state index contributed by atoms with van der Waals surface area (Å²) in [6.45, 7) is 8.33. The van der Waals surface area contributed by atoms with Crippen molar-refractivity contribution in [3.8, 4) is 0 Å². The lowest BCUT2D eigenvalue weighted by Crippen LogP contribution is -2.66. The molecule has 1 saturated heterocycles. The number of carbonyl (C=O) groups is 1. The average Bonchev–Trinajstić information content (AvgIpc) is 3.46. The lowest BCUT2D eigenvalue weighted by atomic mass is 10.00. The third-order valence-electron chi connectivity index (χ3n) is 9.50. The Labute approximate surface area is 258 Å². The van der Waals surface area contributed by atoms with Crippen LogP contribution in [0.5, 0.6) is 0 Å². The molecule has 0 radical (unpaired) electrons. The monoisotopic (exact) mass is 608 g/mol. The van der Waals surface area contributed by atoms with E-state index in [4.69, 9.17) is 9.16 Å². The fraction of sp³-hybridized carbons (Fsp3) is 0.343. The van der Waals surface area contributed by atoms with Crippen LogP contribution in [0.3, 0.4) is 0 Å². The third kappa shape index (κ3) is 5.07. The normalized spacial score (nSPS) is 23.0. The zero-order chi connectivity index (χ0) is 30.5. The van der Waals surface area contributed by atoms with Gasteiger partial charge >= 0.3 is 6.09 Å². The Morgan fingerprint density at radius 3 is 2.30 bits per heavy atom. The number of nitrogens with zero attached hydrogens (tertiary/aromatic N) is 4. The van der Waals surface area contributed by atoms with Crippen LogP contribution >= 0.6 is 0 Å². The van der Waals surface area contributed by atoms with Crippen LogP contribution in [-0.4, -0.2) is 48.7 Å². The molecule has 1 aliphatic heterocycles. The summed E-state index contributed by atoms with van der Waals surface area (Å²) >= 11 is 0. The van der Waals surface area contributed by atoms with Gasteiger partial charge in [0.25, 0.3) is 8.32 Å². The number of benzene rings is 3. The quantitative estimate of drug-likeness (QED) is 0.229. The van der Waals surface area contributed by atoms with E-state index >= 15 is 4.39 Å². The molecule has 4 atom stereocenters. The van der Waals surface area contributed by atoms with Crippen LogP contribution in [-0.2, 0) is 15.7 Å². The van der Waals surface area contributed by atoms with Crippen molar-refractivity contribution < 1.29 is 18.3 Å². The summed E-state index contributed by atoms with van der Waals surface area (Å²) in [5, 5.41) is 10.2. The van der Waals surface area contributed by atoms with Crippen molar-refractivity contribution in [2.75, 3.05) is 18.1 Å². The largest absolute Gasteiger partial charge is 0.442 e. The lowest BCUT2D eigenvalue weighted by molar-refractivity contribution is 0.129. The van der Waals surface area contributed by atoms with Gasteiger partial charge < -0.3 is 9.16 Å². The maximum absolute atomic E-state index is 15.5. The average molecular weight is 609 g/mol. The summed E-state index contributed by atoms with van der Waals surface area (Å²) in [7, 11) is -2.59. The summed E-state index contributed by atoms with van der Waals surface area (Å²) < 4.78 is 29.8. The Morgan fingerprint density at radius 1 is 1.02 bits per heavy atom. The van der Waals surface area contributed by atoms with Gasteiger partial charge in [-0.05, 0) is 63.4 Å². The van der Waals surface area contributed by atoms with Gasteiger partial charge in [-0.1, -0.05) is 92.7 Å². The first-order valence-corrected chi connectivity index (χ1v) is 17.2. The number of cyclic esters (lactones) is 1. The zero-order valence-electron chi connectivity index (χ0n) is 25.3. The van der Waals surface area contributed by atoms with Gasteiger partial charge in [-0.3, -0.25) is 4.90 Å². The van der Waals surface area contributed by atoms with Gasteiger partial charge in [-0.15, -0.1) is 5.10 Å². The molecule has 0 unspecified atom stereocenters. The van der Waals surface area contributed by atoms with Crippen molar-refractivity contribution in [3.63, 3.8) is 0 Å². The number of aromatic nitrogens is 3. The number of halogens is 1. The van der Waals surface area contributed by atoms with E-state index < -0.39 is 14.4 Å². The standard InChI is InChI=1S/C35H37FN4O3Si/c1-35(2,3)44(27-10-6-4-7-11-27,28-12-8-5-9-13-28)42-23-32-30-18-24(19-31(30)32)29-15-14-25(20-33(29)36)40-22-26(43-34(40)41)21-39-17-16-37-38-39/h4-18,20,26,30-32H,19,21-23H2,1-3H3/t26-,30-,31+,32+/m0/s1. The minimum Gasteiger partial charge on any atom is -0.442 e. The second-order valence-electron chi connectivity index (χ2n) is 13.2. The maximum atomic E-state index is 15.5. The Balaban J connectivity index is 1.05. The number of anilines is 1. The molecular weight excluding hydrogens is 571 g/mol. The van der Waals surface area contributed by atoms with Gasteiger partial charge in [-0.2, -0.15) is 0 Å². The molecule has 1 aromatic heterocycles. The van der Waals surface area contributed by atoms with Crippen LogP contribution in [0.15, 0.2) is 97.3 Å². The highest BCUT2D eigenvalue weighted by Crippen LogP contribution is 2.58. The molecular formula is C35H37FN4O3Si. The lowest BCUT2D eigenvalue weighted by Gasteiger charge is -2.43. The van der Waals surface area contributed by atoms with Crippen molar-refractivity contribution in [2.45, 2.75) is 44.9 Å². The fourth-order valence-electron chi connectivity index (χ4n) is 7.28. The van der Waals surface area contributed by atoms with E-state index in [1.165, 1.54) is 21.3 Å². The summed E-state index contributed by atoms with van der Waals surface area (Å²) in [6.07, 6.45) is 5.53. The van der Waals surface area contributed by atoms with E-state index in [1.54, 1.807) is 23.1 Å². The second kappa shape index (κ2) is 11.1. The maximum Gasteiger partial charge on any atom is 0.414 e. The van der Waals surface area contributed by atoms with Gasteiger partial charge in [0.05, 0.1) is 25.0 Å². The number of hydrogen-bond acceptors (Lipinski definition) is 5. The van der Waals surface area contributed by atoms with Crippen molar-refractivity contribution in [1.82, 2.24) is 15.0 Å². The minimum absolute atomic E-state index is 0.0657. The molecule has 2 aliphatic carbocycles. The van der Waals surface area contributed by atoms with Crippen LogP contribution in [0.25, 0.3) is 5.57 Å². The van der Waals surface area contributed by atoms with Crippen molar-refractivity contribution in [3.05, 3.63) is 109 Å². The molecule has 4 aromatic rings. The number of hydrogen-bond donors (Lipinski definition) is 0. The highest BCUT2D eigenvalue weighted by molar-refractivity contribution is 6.99. The number of allylic oxidation sites excluding steroid dienone is 2. The molecule has 2 heterocycles. The third-order valence-corrected chi connectivity index (χ3v) is 14.5. The molecule has 3 aliphatic rings. The molecule has 2 fully saturated rings. The van der Waals surface area contributed by atoms with Crippen LogP contribution in [0.2, 0.25) is 5.04 Å². The van der Waals surface area contributed by atoms with Gasteiger partial charge in [-0.25, -0.2) is 13.9 Å². The summed E-state index contributed by atoms with van der Waals surface area (Å²) in [5.74, 6) is 0.980. The summed E-state index contributed by atoms with van der Waals surface area (Å²) in [4.78, 5) is 14.0. The topological polar surface area (TPSA) is 69.5 Å². The van der Waals surface area contributed by atoms with E-state index in [2.05, 4.69) is 97.8 Å². The first-order chi connectivity index (χ1) is 21.2. The van der Waals surface area contributed by atoms with E-state index in [0.29, 0.717) is 48.7 Å². The highest BCUT2D eigenvalue weighted by atomic mass is 28.4. The van der Waals surface area contributed by atoms with Crippen LogP contribution in [0.1, 0.15) is 32.8 Å². The van der Waals surface area contributed by atoms with Gasteiger partial charge in [0.15, 0.2) is 0 Å². The number of carbonyl (C=O) groups excluding carboxylic acids is 1. The predicted octanol–water partition coefficient (Wildman–Crippen LogP) is 5.67. The summed E-state index contributed by atoms with van der Waals surface area (Å²) in [6, 6.07) is 26.5. The van der Waals surface area contributed by atoms with Gasteiger partial charge in [0.2, 0.25) is 0 Å². The Morgan fingerprint density at radius 2 is 1.73 bits per heavy atom. The molecule has 226 valence electrons. The van der Waals surface area contributed by atoms with Crippen LogP contribution < -0.4 is 15.3 Å².